The first-order valence-corrected chi connectivity index (χ1v) is 6.40. The first kappa shape index (κ1) is 15.9. The van der Waals surface area contributed by atoms with Crippen LogP contribution in [0.4, 0.5) is 13.2 Å². The average Bonchev–Trinajstić information content (AvgIpc) is 2.47. The van der Waals surface area contributed by atoms with Gasteiger partial charge in [0.25, 0.3) is 0 Å². The third-order valence-electron chi connectivity index (χ3n) is 2.94. The zero-order valence-electron chi connectivity index (χ0n) is 11.7. The molecule has 2 rings (SSSR count). The van der Waals surface area contributed by atoms with Crippen LogP contribution in [-0.2, 0) is 6.42 Å². The van der Waals surface area contributed by atoms with E-state index in [1.807, 2.05) is 0 Å². The predicted octanol–water partition coefficient (Wildman–Crippen LogP) is 4.02. The van der Waals surface area contributed by atoms with Gasteiger partial charge in [-0.2, -0.15) is 0 Å². The lowest BCUT2D eigenvalue weighted by molar-refractivity contribution is -0.274. The van der Waals surface area contributed by atoms with Gasteiger partial charge in [-0.1, -0.05) is 24.3 Å². The number of hydrogen-bond donors (Lipinski definition) is 0. The molecule has 2 aromatic carbocycles. The number of carbonyl (C=O) groups is 1. The maximum Gasteiger partial charge on any atom is 0.573 e. The summed E-state index contributed by atoms with van der Waals surface area (Å²) in [6.07, 6.45) is -4.86. The van der Waals surface area contributed by atoms with Crippen LogP contribution < -0.4 is 9.47 Å². The number of para-hydroxylation sites is 1. The summed E-state index contributed by atoms with van der Waals surface area (Å²) in [5.74, 6) is -0.310. The first-order chi connectivity index (χ1) is 10.4. The normalized spacial score (nSPS) is 11.1. The molecule has 0 amide bonds. The smallest absolute Gasteiger partial charge is 0.497 e. The van der Waals surface area contributed by atoms with E-state index in [0.29, 0.717) is 11.3 Å². The number of ether oxygens (including phenoxy) is 2. The third-order valence-corrected chi connectivity index (χ3v) is 2.94. The van der Waals surface area contributed by atoms with Crippen LogP contribution in [0, 0.1) is 0 Å². The standard InChI is InChI=1S/C16H13F3O3/c1-21-12-8-6-11(7-9-12)10-14(20)13-4-2-3-5-15(13)22-16(17,18)19/h2-9H,10H2,1H3. The van der Waals surface area contributed by atoms with E-state index >= 15 is 0 Å². The summed E-state index contributed by atoms with van der Waals surface area (Å²) in [5.41, 5.74) is 0.572. The number of ketones is 1. The Bertz CT molecular complexity index is 648. The fraction of sp³-hybridized carbons (Fsp3) is 0.188. The predicted molar refractivity (Wildman–Crippen MR) is 74.2 cm³/mol. The van der Waals surface area contributed by atoms with Crippen molar-refractivity contribution in [2.45, 2.75) is 12.8 Å². The molecule has 0 saturated carbocycles. The zero-order valence-corrected chi connectivity index (χ0v) is 11.7. The molecule has 6 heteroatoms. The second kappa shape index (κ2) is 6.51. The van der Waals surface area contributed by atoms with Crippen molar-refractivity contribution in [3.8, 4) is 11.5 Å². The topological polar surface area (TPSA) is 35.5 Å². The van der Waals surface area contributed by atoms with E-state index in [4.69, 9.17) is 4.74 Å². The van der Waals surface area contributed by atoms with Crippen LogP contribution in [0.3, 0.4) is 0 Å². The van der Waals surface area contributed by atoms with Gasteiger partial charge in [0, 0.05) is 6.42 Å². The van der Waals surface area contributed by atoms with Gasteiger partial charge in [-0.3, -0.25) is 4.79 Å². The number of carbonyl (C=O) groups excluding carboxylic acids is 1. The fourth-order valence-corrected chi connectivity index (χ4v) is 1.93. The van der Waals surface area contributed by atoms with Crippen LogP contribution in [-0.4, -0.2) is 19.3 Å². The third kappa shape index (κ3) is 4.25. The van der Waals surface area contributed by atoms with Gasteiger partial charge in [-0.05, 0) is 29.8 Å². The Kier molecular flexibility index (Phi) is 4.70. The Labute approximate surface area is 125 Å². The van der Waals surface area contributed by atoms with E-state index < -0.39 is 17.9 Å². The molecule has 116 valence electrons. The second-order valence-electron chi connectivity index (χ2n) is 4.49. The second-order valence-corrected chi connectivity index (χ2v) is 4.49. The molecule has 0 aliphatic carbocycles. The molecule has 0 heterocycles. The molecule has 0 aliphatic heterocycles. The van der Waals surface area contributed by atoms with Gasteiger partial charge in [0.15, 0.2) is 5.78 Å². The Morgan fingerprint density at radius 2 is 1.68 bits per heavy atom. The highest BCUT2D eigenvalue weighted by atomic mass is 19.4. The maximum absolute atomic E-state index is 12.3. The Hall–Kier alpha value is -2.50. The van der Waals surface area contributed by atoms with E-state index in [-0.39, 0.29) is 12.0 Å². The van der Waals surface area contributed by atoms with Crippen LogP contribution in [0.2, 0.25) is 0 Å². The summed E-state index contributed by atoms with van der Waals surface area (Å²) < 4.78 is 45.9. The van der Waals surface area contributed by atoms with Crippen molar-refractivity contribution in [2.24, 2.45) is 0 Å². The highest BCUT2D eigenvalue weighted by Crippen LogP contribution is 2.27. The molecule has 0 atom stereocenters. The summed E-state index contributed by atoms with van der Waals surface area (Å²) in [6.45, 7) is 0. The molecule has 2 aromatic rings. The minimum atomic E-state index is -4.84. The first-order valence-electron chi connectivity index (χ1n) is 6.40. The SMILES string of the molecule is COc1ccc(CC(=O)c2ccccc2OC(F)(F)F)cc1. The molecule has 0 saturated heterocycles. The van der Waals surface area contributed by atoms with Crippen molar-refractivity contribution in [3.05, 3.63) is 59.7 Å². The van der Waals surface area contributed by atoms with Crippen molar-refractivity contribution in [2.75, 3.05) is 7.11 Å². The molecular formula is C16H13F3O3. The highest BCUT2D eigenvalue weighted by molar-refractivity contribution is 5.99. The van der Waals surface area contributed by atoms with Crippen LogP contribution in [0.5, 0.6) is 11.5 Å². The van der Waals surface area contributed by atoms with Crippen LogP contribution in [0.25, 0.3) is 0 Å². The Balaban J connectivity index is 2.18. The molecule has 0 aromatic heterocycles. The van der Waals surface area contributed by atoms with E-state index in [1.165, 1.54) is 25.3 Å². The molecule has 0 unspecified atom stereocenters. The summed E-state index contributed by atoms with van der Waals surface area (Å²) in [5, 5.41) is 0. The fourth-order valence-electron chi connectivity index (χ4n) is 1.93. The van der Waals surface area contributed by atoms with Gasteiger partial charge in [-0.25, -0.2) is 0 Å². The van der Waals surface area contributed by atoms with Gasteiger partial charge >= 0.3 is 6.36 Å². The van der Waals surface area contributed by atoms with Crippen LogP contribution in [0.1, 0.15) is 15.9 Å². The summed E-state index contributed by atoms with van der Waals surface area (Å²) >= 11 is 0. The number of hydrogen-bond acceptors (Lipinski definition) is 3. The lowest BCUT2D eigenvalue weighted by Gasteiger charge is -2.12. The van der Waals surface area contributed by atoms with Crippen molar-refractivity contribution in [1.82, 2.24) is 0 Å². The number of Topliss-reactive ketones (excluding diaryl/α,β-unsaturated/α-hetero) is 1. The molecule has 0 radical (unpaired) electrons. The summed E-state index contributed by atoms with van der Waals surface area (Å²) in [7, 11) is 1.52. The number of rotatable bonds is 5. The largest absolute Gasteiger partial charge is 0.573 e. The molecular weight excluding hydrogens is 297 g/mol. The van der Waals surface area contributed by atoms with E-state index in [9.17, 15) is 18.0 Å². The van der Waals surface area contributed by atoms with E-state index in [2.05, 4.69) is 4.74 Å². The van der Waals surface area contributed by atoms with Crippen LogP contribution >= 0.6 is 0 Å². The lowest BCUT2D eigenvalue weighted by Crippen LogP contribution is -2.19. The number of alkyl halides is 3. The molecule has 0 bridgehead atoms. The maximum atomic E-state index is 12.3. The monoisotopic (exact) mass is 310 g/mol. The highest BCUT2D eigenvalue weighted by Gasteiger charge is 2.32. The van der Waals surface area contributed by atoms with Gasteiger partial charge < -0.3 is 9.47 Å². The summed E-state index contributed by atoms with van der Waals surface area (Å²) in [6, 6.07) is 12.0. The zero-order chi connectivity index (χ0) is 16.2. The van der Waals surface area contributed by atoms with Gasteiger partial charge in [0.2, 0.25) is 0 Å². The van der Waals surface area contributed by atoms with Gasteiger partial charge in [0.1, 0.15) is 11.5 Å². The molecule has 3 nitrogen and oxygen atoms in total. The minimum absolute atomic E-state index is 0.0256. The molecule has 0 fully saturated rings. The van der Waals surface area contributed by atoms with E-state index in [1.54, 1.807) is 24.3 Å². The Morgan fingerprint density at radius 3 is 2.27 bits per heavy atom. The molecule has 0 N–H and O–H groups in total. The molecule has 0 spiro atoms. The molecule has 0 aliphatic rings. The molecule has 22 heavy (non-hydrogen) atoms. The van der Waals surface area contributed by atoms with Crippen molar-refractivity contribution >= 4 is 5.78 Å². The number of methoxy groups -OCH3 is 1. The van der Waals surface area contributed by atoms with Crippen molar-refractivity contribution in [1.29, 1.82) is 0 Å². The summed E-state index contributed by atoms with van der Waals surface area (Å²) in [4.78, 5) is 12.2. The van der Waals surface area contributed by atoms with Gasteiger partial charge in [0.05, 0.1) is 12.7 Å². The number of halogens is 3. The van der Waals surface area contributed by atoms with Crippen molar-refractivity contribution in [3.63, 3.8) is 0 Å². The van der Waals surface area contributed by atoms with Crippen molar-refractivity contribution < 1.29 is 27.4 Å². The lowest BCUT2D eigenvalue weighted by atomic mass is 10.0. The van der Waals surface area contributed by atoms with Crippen LogP contribution in [0.15, 0.2) is 48.5 Å². The quantitative estimate of drug-likeness (QED) is 0.783. The van der Waals surface area contributed by atoms with Gasteiger partial charge in [-0.15, -0.1) is 13.2 Å². The van der Waals surface area contributed by atoms with E-state index in [0.717, 1.165) is 6.07 Å². The average molecular weight is 310 g/mol. The minimum Gasteiger partial charge on any atom is -0.497 e. The number of benzene rings is 2. The Morgan fingerprint density at radius 1 is 1.05 bits per heavy atom.